The van der Waals surface area contributed by atoms with Crippen molar-refractivity contribution < 1.29 is 9.90 Å². The van der Waals surface area contributed by atoms with Crippen LogP contribution in [0.5, 0.6) is 0 Å². The number of aliphatic hydroxyl groups excluding tert-OH is 1. The molecule has 1 aromatic heterocycles. The minimum absolute atomic E-state index is 0.0243. The van der Waals surface area contributed by atoms with E-state index in [2.05, 4.69) is 15.5 Å². The number of anilines is 1. The van der Waals surface area contributed by atoms with Gasteiger partial charge in [-0.25, -0.2) is 0 Å². The van der Waals surface area contributed by atoms with Crippen molar-refractivity contribution in [3.8, 4) is 0 Å². The van der Waals surface area contributed by atoms with E-state index in [0.717, 1.165) is 5.52 Å². The highest BCUT2D eigenvalue weighted by Crippen LogP contribution is 2.23. The maximum Gasteiger partial charge on any atom is 0.272 e. The lowest BCUT2D eigenvalue weighted by Crippen LogP contribution is -2.44. The van der Waals surface area contributed by atoms with Crippen molar-refractivity contribution in [1.29, 1.82) is 0 Å². The maximum absolute atomic E-state index is 12.4. The SMILES string of the molecule is CC(C)(C)C(CCO)NC(=O)c1n[nH]c2ccc(N)cc12. The van der Waals surface area contributed by atoms with Crippen LogP contribution in [0.1, 0.15) is 37.7 Å². The molecule has 1 aromatic carbocycles. The summed E-state index contributed by atoms with van der Waals surface area (Å²) in [6.45, 7) is 6.09. The number of nitrogens with one attached hydrogen (secondary N) is 2. The molecule has 6 heteroatoms. The van der Waals surface area contributed by atoms with Gasteiger partial charge in [-0.15, -0.1) is 0 Å². The zero-order valence-corrected chi connectivity index (χ0v) is 12.6. The molecule has 21 heavy (non-hydrogen) atoms. The number of fused-ring (bicyclic) bond motifs is 1. The molecule has 0 aliphatic heterocycles. The molecular weight excluding hydrogens is 268 g/mol. The van der Waals surface area contributed by atoms with Gasteiger partial charge in [-0.2, -0.15) is 5.10 Å². The Kier molecular flexibility index (Phi) is 4.18. The minimum Gasteiger partial charge on any atom is -0.399 e. The first kappa shape index (κ1) is 15.3. The Bertz CT molecular complexity index is 643. The van der Waals surface area contributed by atoms with Gasteiger partial charge in [0, 0.05) is 23.7 Å². The summed E-state index contributed by atoms with van der Waals surface area (Å²) >= 11 is 0. The topological polar surface area (TPSA) is 104 Å². The Morgan fingerprint density at radius 3 is 2.81 bits per heavy atom. The van der Waals surface area contributed by atoms with Gasteiger partial charge in [-0.05, 0) is 30.0 Å². The van der Waals surface area contributed by atoms with Crippen molar-refractivity contribution in [3.05, 3.63) is 23.9 Å². The highest BCUT2D eigenvalue weighted by molar-refractivity contribution is 6.05. The number of carbonyl (C=O) groups excluding carboxylic acids is 1. The Balaban J connectivity index is 2.27. The molecule has 0 saturated carbocycles. The number of aromatic nitrogens is 2. The van der Waals surface area contributed by atoms with E-state index in [-0.39, 0.29) is 24.0 Å². The smallest absolute Gasteiger partial charge is 0.272 e. The number of aliphatic hydroxyl groups is 1. The van der Waals surface area contributed by atoms with Crippen molar-refractivity contribution in [2.45, 2.75) is 33.2 Å². The fourth-order valence-corrected chi connectivity index (χ4v) is 2.28. The third-order valence-electron chi connectivity index (χ3n) is 3.57. The average molecular weight is 290 g/mol. The number of amides is 1. The van der Waals surface area contributed by atoms with Crippen LogP contribution in [-0.2, 0) is 0 Å². The van der Waals surface area contributed by atoms with Crippen molar-refractivity contribution in [2.24, 2.45) is 5.41 Å². The standard InChI is InChI=1S/C15H22N4O2/c1-15(2,3)12(6-7-20)17-14(21)13-10-8-9(16)4-5-11(10)18-19-13/h4-5,8,12,20H,6-7,16H2,1-3H3,(H,17,21)(H,18,19). The van der Waals surface area contributed by atoms with Gasteiger partial charge in [0.25, 0.3) is 5.91 Å². The van der Waals surface area contributed by atoms with Gasteiger partial charge < -0.3 is 16.2 Å². The predicted molar refractivity (Wildman–Crippen MR) is 82.9 cm³/mol. The lowest BCUT2D eigenvalue weighted by Gasteiger charge is -2.30. The number of nitrogens with two attached hydrogens (primary N) is 1. The molecule has 2 aromatic rings. The van der Waals surface area contributed by atoms with E-state index >= 15 is 0 Å². The minimum atomic E-state index is -0.264. The fourth-order valence-electron chi connectivity index (χ4n) is 2.28. The summed E-state index contributed by atoms with van der Waals surface area (Å²) in [5.41, 5.74) is 7.29. The van der Waals surface area contributed by atoms with Crippen molar-refractivity contribution in [1.82, 2.24) is 15.5 Å². The van der Waals surface area contributed by atoms with Crippen LogP contribution < -0.4 is 11.1 Å². The van der Waals surface area contributed by atoms with E-state index in [1.165, 1.54) is 0 Å². The predicted octanol–water partition coefficient (Wildman–Crippen LogP) is 1.67. The second-order valence-corrected chi connectivity index (χ2v) is 6.28. The molecule has 1 amide bonds. The molecule has 5 N–H and O–H groups in total. The molecule has 0 aliphatic rings. The van der Waals surface area contributed by atoms with E-state index in [4.69, 9.17) is 10.8 Å². The van der Waals surface area contributed by atoms with Crippen molar-refractivity contribution in [3.63, 3.8) is 0 Å². The van der Waals surface area contributed by atoms with Gasteiger partial charge >= 0.3 is 0 Å². The summed E-state index contributed by atoms with van der Waals surface area (Å²) in [7, 11) is 0. The molecule has 0 aliphatic carbocycles. The first-order valence-electron chi connectivity index (χ1n) is 6.98. The van der Waals surface area contributed by atoms with Crippen molar-refractivity contribution in [2.75, 3.05) is 12.3 Å². The Hall–Kier alpha value is -2.08. The molecule has 0 bridgehead atoms. The number of carbonyl (C=O) groups is 1. The number of hydrogen-bond acceptors (Lipinski definition) is 4. The summed E-state index contributed by atoms with van der Waals surface area (Å²) in [5.74, 6) is -0.264. The molecule has 1 atom stereocenters. The fraction of sp³-hybridized carbons (Fsp3) is 0.467. The summed E-state index contributed by atoms with van der Waals surface area (Å²) in [5, 5.41) is 19.7. The van der Waals surface area contributed by atoms with Crippen molar-refractivity contribution >= 4 is 22.5 Å². The molecular formula is C15H22N4O2. The van der Waals surface area contributed by atoms with Gasteiger partial charge in [-0.1, -0.05) is 20.8 Å². The van der Waals surface area contributed by atoms with Crippen LogP contribution in [0, 0.1) is 5.41 Å². The average Bonchev–Trinajstić information content (AvgIpc) is 2.80. The number of nitrogens with zero attached hydrogens (tertiary/aromatic N) is 1. The Morgan fingerprint density at radius 1 is 1.48 bits per heavy atom. The molecule has 0 spiro atoms. The number of H-pyrrole nitrogens is 1. The molecule has 1 heterocycles. The van der Waals surface area contributed by atoms with Gasteiger partial charge in [0.05, 0.1) is 5.52 Å². The summed E-state index contributed by atoms with van der Waals surface area (Å²) in [6.07, 6.45) is 0.500. The van der Waals surface area contributed by atoms with Crippen LogP contribution in [0.4, 0.5) is 5.69 Å². The largest absolute Gasteiger partial charge is 0.399 e. The van der Waals surface area contributed by atoms with Crippen LogP contribution in [-0.4, -0.2) is 33.9 Å². The quantitative estimate of drug-likeness (QED) is 0.643. The van der Waals surface area contributed by atoms with Gasteiger partial charge in [0.1, 0.15) is 0 Å². The monoisotopic (exact) mass is 290 g/mol. The third kappa shape index (κ3) is 3.33. The number of nitrogen functional groups attached to an aromatic ring is 1. The van der Waals surface area contributed by atoms with Gasteiger partial charge in [0.15, 0.2) is 5.69 Å². The Morgan fingerprint density at radius 2 is 2.19 bits per heavy atom. The summed E-state index contributed by atoms with van der Waals surface area (Å²) in [6, 6.07) is 5.14. The van der Waals surface area contributed by atoms with Gasteiger partial charge in [0.2, 0.25) is 0 Å². The lowest BCUT2D eigenvalue weighted by molar-refractivity contribution is 0.0881. The molecule has 6 nitrogen and oxygen atoms in total. The van der Waals surface area contributed by atoms with E-state index in [0.29, 0.717) is 23.2 Å². The number of hydrogen-bond donors (Lipinski definition) is 4. The zero-order chi connectivity index (χ0) is 15.6. The highest BCUT2D eigenvalue weighted by Gasteiger charge is 2.27. The first-order valence-corrected chi connectivity index (χ1v) is 6.98. The van der Waals surface area contributed by atoms with E-state index < -0.39 is 0 Å². The van der Waals surface area contributed by atoms with Gasteiger partial charge in [-0.3, -0.25) is 9.89 Å². The molecule has 2 rings (SSSR count). The van der Waals surface area contributed by atoms with E-state index in [9.17, 15) is 4.79 Å². The van der Waals surface area contributed by atoms with E-state index in [1.807, 2.05) is 20.8 Å². The first-order chi connectivity index (χ1) is 9.82. The second-order valence-electron chi connectivity index (χ2n) is 6.28. The van der Waals surface area contributed by atoms with Crippen LogP contribution in [0.15, 0.2) is 18.2 Å². The molecule has 0 fully saturated rings. The molecule has 114 valence electrons. The number of aromatic amines is 1. The zero-order valence-electron chi connectivity index (χ0n) is 12.6. The summed E-state index contributed by atoms with van der Waals surface area (Å²) in [4.78, 5) is 12.4. The van der Waals surface area contributed by atoms with Crippen LogP contribution in [0.25, 0.3) is 10.9 Å². The van der Waals surface area contributed by atoms with Crippen LogP contribution >= 0.6 is 0 Å². The molecule has 0 saturated heterocycles. The van der Waals surface area contributed by atoms with E-state index in [1.54, 1.807) is 18.2 Å². The van der Waals surface area contributed by atoms with Crippen LogP contribution in [0.3, 0.4) is 0 Å². The second kappa shape index (κ2) is 5.73. The third-order valence-corrected chi connectivity index (χ3v) is 3.57. The highest BCUT2D eigenvalue weighted by atomic mass is 16.3. The van der Waals surface area contributed by atoms with Crippen LogP contribution in [0.2, 0.25) is 0 Å². The Labute approximate surface area is 123 Å². The maximum atomic E-state index is 12.4. The molecule has 0 radical (unpaired) electrons. The number of rotatable bonds is 4. The molecule has 1 unspecified atom stereocenters. The number of benzene rings is 1. The summed E-state index contributed by atoms with van der Waals surface area (Å²) < 4.78 is 0. The normalized spacial score (nSPS) is 13.3. The lowest BCUT2D eigenvalue weighted by atomic mass is 9.85.